The molecule has 2 aliphatic rings. The standard InChI is InChI=1S/C19H25ClN2O4/c1-13(23)22-10-14-9-21(7-6-19(14,11-22)12-25-2)18(24)16-5-4-15(20)8-17(16)26-3/h4-5,8,14H,6-7,9-12H2,1-3H3/t14-,19+/m1/s1. The summed E-state index contributed by atoms with van der Waals surface area (Å²) in [7, 11) is 3.22. The van der Waals surface area contributed by atoms with E-state index in [4.69, 9.17) is 21.1 Å². The molecule has 2 fully saturated rings. The average molecular weight is 381 g/mol. The number of amides is 2. The highest BCUT2D eigenvalue weighted by Crippen LogP contribution is 2.43. The van der Waals surface area contributed by atoms with E-state index in [-0.39, 0.29) is 23.1 Å². The van der Waals surface area contributed by atoms with Crippen LogP contribution in [0.25, 0.3) is 0 Å². The molecule has 0 aromatic heterocycles. The number of rotatable bonds is 4. The summed E-state index contributed by atoms with van der Waals surface area (Å²) in [5.41, 5.74) is 0.443. The van der Waals surface area contributed by atoms with Crippen LogP contribution < -0.4 is 4.74 Å². The van der Waals surface area contributed by atoms with E-state index in [2.05, 4.69) is 0 Å². The maximum Gasteiger partial charge on any atom is 0.257 e. The number of benzene rings is 1. The lowest BCUT2D eigenvalue weighted by molar-refractivity contribution is -0.128. The molecule has 2 heterocycles. The summed E-state index contributed by atoms with van der Waals surface area (Å²) in [6.45, 7) is 4.81. The highest BCUT2D eigenvalue weighted by Gasteiger charge is 2.51. The second-order valence-corrected chi connectivity index (χ2v) is 7.67. The van der Waals surface area contributed by atoms with Crippen LogP contribution in [-0.4, -0.2) is 68.6 Å². The summed E-state index contributed by atoms with van der Waals surface area (Å²) in [4.78, 5) is 28.6. The van der Waals surface area contributed by atoms with E-state index in [9.17, 15) is 9.59 Å². The summed E-state index contributed by atoms with van der Waals surface area (Å²) in [6.07, 6.45) is 0.816. The monoisotopic (exact) mass is 380 g/mol. The molecule has 2 aliphatic heterocycles. The Hall–Kier alpha value is -1.79. The van der Waals surface area contributed by atoms with Gasteiger partial charge in [0.1, 0.15) is 5.75 Å². The maximum absolute atomic E-state index is 13.0. The van der Waals surface area contributed by atoms with Gasteiger partial charge in [-0.15, -0.1) is 0 Å². The van der Waals surface area contributed by atoms with Crippen LogP contribution in [0.1, 0.15) is 23.7 Å². The van der Waals surface area contributed by atoms with Gasteiger partial charge in [0.15, 0.2) is 0 Å². The van der Waals surface area contributed by atoms with Crippen LogP contribution in [0.15, 0.2) is 18.2 Å². The van der Waals surface area contributed by atoms with Gasteiger partial charge in [0, 0.05) is 56.6 Å². The number of halogens is 1. The lowest BCUT2D eigenvalue weighted by atomic mass is 9.73. The Morgan fingerprint density at radius 1 is 1.27 bits per heavy atom. The molecule has 0 aliphatic carbocycles. The van der Waals surface area contributed by atoms with E-state index >= 15 is 0 Å². The van der Waals surface area contributed by atoms with Crippen LogP contribution >= 0.6 is 11.6 Å². The first-order valence-corrected chi connectivity index (χ1v) is 9.15. The molecule has 2 amide bonds. The largest absolute Gasteiger partial charge is 0.496 e. The van der Waals surface area contributed by atoms with Crippen molar-refractivity contribution in [2.24, 2.45) is 11.3 Å². The Kier molecular flexibility index (Phi) is 5.44. The van der Waals surface area contributed by atoms with Gasteiger partial charge in [-0.1, -0.05) is 11.6 Å². The number of hydrogen-bond donors (Lipinski definition) is 0. The molecular formula is C19H25ClN2O4. The van der Waals surface area contributed by atoms with Gasteiger partial charge in [0.2, 0.25) is 5.91 Å². The van der Waals surface area contributed by atoms with Crippen LogP contribution in [0.3, 0.4) is 0 Å². The molecule has 0 saturated carbocycles. The van der Waals surface area contributed by atoms with E-state index in [1.165, 1.54) is 7.11 Å². The number of piperidine rings is 1. The lowest BCUT2D eigenvalue weighted by Crippen LogP contribution is -2.50. The molecule has 2 saturated heterocycles. The van der Waals surface area contributed by atoms with Gasteiger partial charge in [-0.3, -0.25) is 9.59 Å². The fourth-order valence-electron chi connectivity index (χ4n) is 4.24. The van der Waals surface area contributed by atoms with Gasteiger partial charge in [-0.2, -0.15) is 0 Å². The van der Waals surface area contributed by atoms with E-state index in [0.717, 1.165) is 6.42 Å². The first-order valence-electron chi connectivity index (χ1n) is 8.77. The Balaban J connectivity index is 1.81. The van der Waals surface area contributed by atoms with Crippen molar-refractivity contribution >= 4 is 23.4 Å². The number of hydrogen-bond acceptors (Lipinski definition) is 4. The molecule has 0 N–H and O–H groups in total. The average Bonchev–Trinajstić information content (AvgIpc) is 3.00. The Morgan fingerprint density at radius 3 is 2.65 bits per heavy atom. The third-order valence-electron chi connectivity index (χ3n) is 5.69. The molecule has 2 atom stereocenters. The Morgan fingerprint density at radius 2 is 2.00 bits per heavy atom. The zero-order valence-electron chi connectivity index (χ0n) is 15.5. The van der Waals surface area contributed by atoms with Crippen molar-refractivity contribution in [3.63, 3.8) is 0 Å². The quantitative estimate of drug-likeness (QED) is 0.804. The number of ether oxygens (including phenoxy) is 2. The van der Waals surface area contributed by atoms with Crippen LogP contribution in [0.2, 0.25) is 5.02 Å². The minimum Gasteiger partial charge on any atom is -0.496 e. The first-order chi connectivity index (χ1) is 12.4. The summed E-state index contributed by atoms with van der Waals surface area (Å²) < 4.78 is 10.8. The molecule has 3 rings (SSSR count). The van der Waals surface area contributed by atoms with Gasteiger partial charge in [0.25, 0.3) is 5.91 Å². The van der Waals surface area contributed by atoms with Crippen LogP contribution in [0.5, 0.6) is 5.75 Å². The van der Waals surface area contributed by atoms with Crippen molar-refractivity contribution in [3.8, 4) is 5.75 Å². The molecule has 0 radical (unpaired) electrons. The smallest absolute Gasteiger partial charge is 0.257 e. The minimum absolute atomic E-state index is 0.0641. The summed E-state index contributed by atoms with van der Waals surface area (Å²) in [5, 5.41) is 0.532. The second-order valence-electron chi connectivity index (χ2n) is 7.24. The van der Waals surface area contributed by atoms with Crippen LogP contribution in [-0.2, 0) is 9.53 Å². The molecule has 0 spiro atoms. The highest BCUT2D eigenvalue weighted by molar-refractivity contribution is 6.30. The number of methoxy groups -OCH3 is 2. The maximum atomic E-state index is 13.0. The Bertz CT molecular complexity index is 711. The molecule has 0 bridgehead atoms. The fraction of sp³-hybridized carbons (Fsp3) is 0.579. The lowest BCUT2D eigenvalue weighted by Gasteiger charge is -2.43. The third kappa shape index (κ3) is 3.40. The molecule has 6 nitrogen and oxygen atoms in total. The van der Waals surface area contributed by atoms with E-state index in [1.807, 2.05) is 9.80 Å². The fourth-order valence-corrected chi connectivity index (χ4v) is 4.40. The number of carbonyl (C=O) groups excluding carboxylic acids is 2. The van der Waals surface area contributed by atoms with Crippen molar-refractivity contribution in [3.05, 3.63) is 28.8 Å². The van der Waals surface area contributed by atoms with Gasteiger partial charge in [0.05, 0.1) is 19.3 Å². The van der Waals surface area contributed by atoms with E-state index in [0.29, 0.717) is 49.1 Å². The molecule has 0 unspecified atom stereocenters. The van der Waals surface area contributed by atoms with E-state index in [1.54, 1.807) is 32.2 Å². The van der Waals surface area contributed by atoms with Crippen molar-refractivity contribution < 1.29 is 19.1 Å². The highest BCUT2D eigenvalue weighted by atomic mass is 35.5. The topological polar surface area (TPSA) is 59.1 Å². The van der Waals surface area contributed by atoms with E-state index < -0.39 is 0 Å². The van der Waals surface area contributed by atoms with Crippen LogP contribution in [0.4, 0.5) is 0 Å². The van der Waals surface area contributed by atoms with Crippen molar-refractivity contribution in [1.82, 2.24) is 9.80 Å². The van der Waals surface area contributed by atoms with Crippen LogP contribution in [0, 0.1) is 11.3 Å². The second kappa shape index (κ2) is 7.45. The summed E-state index contributed by atoms with van der Waals surface area (Å²) in [6, 6.07) is 5.06. The molecular weight excluding hydrogens is 356 g/mol. The molecule has 1 aromatic carbocycles. The summed E-state index contributed by atoms with van der Waals surface area (Å²) >= 11 is 6.00. The number of nitrogens with zero attached hydrogens (tertiary/aromatic N) is 2. The zero-order valence-corrected chi connectivity index (χ0v) is 16.2. The molecule has 7 heteroatoms. The van der Waals surface area contributed by atoms with Gasteiger partial charge in [-0.05, 0) is 24.6 Å². The first kappa shape index (κ1) is 19.0. The van der Waals surface area contributed by atoms with Gasteiger partial charge >= 0.3 is 0 Å². The minimum atomic E-state index is -0.0682. The predicted molar refractivity (Wildman–Crippen MR) is 98.6 cm³/mol. The zero-order chi connectivity index (χ0) is 18.9. The van der Waals surface area contributed by atoms with Crippen molar-refractivity contribution in [2.45, 2.75) is 13.3 Å². The number of fused-ring (bicyclic) bond motifs is 1. The predicted octanol–water partition coefficient (Wildman–Crippen LogP) is 2.31. The number of likely N-dealkylation sites (tertiary alicyclic amines) is 2. The summed E-state index contributed by atoms with van der Waals surface area (Å²) in [5.74, 6) is 0.702. The van der Waals surface area contributed by atoms with Gasteiger partial charge in [-0.25, -0.2) is 0 Å². The molecule has 142 valence electrons. The Labute approximate surface area is 159 Å². The third-order valence-corrected chi connectivity index (χ3v) is 5.93. The number of carbonyl (C=O) groups is 2. The van der Waals surface area contributed by atoms with Crippen molar-refractivity contribution in [2.75, 3.05) is 47.0 Å². The SMILES string of the molecule is COC[C@@]12CCN(C(=O)c3ccc(Cl)cc3OC)C[C@@H]1CN(C(C)=O)C2. The normalized spacial score (nSPS) is 25.2. The molecule has 1 aromatic rings. The van der Waals surface area contributed by atoms with Gasteiger partial charge < -0.3 is 19.3 Å². The van der Waals surface area contributed by atoms with Crippen molar-refractivity contribution in [1.29, 1.82) is 0 Å². The molecule has 26 heavy (non-hydrogen) atoms.